The summed E-state index contributed by atoms with van der Waals surface area (Å²) in [5.74, 6) is -1.25. The number of carbonyl (C=O) groups excluding carboxylic acids is 5. The molecule has 4 aliphatic heterocycles. The molecular weight excluding hydrogens is 727 g/mol. The second-order valence-corrected chi connectivity index (χ2v) is 15.9. The van der Waals surface area contributed by atoms with E-state index in [0.717, 1.165) is 42.3 Å². The molecule has 8 rings (SSSR count). The van der Waals surface area contributed by atoms with E-state index in [1.807, 2.05) is 24.8 Å². The van der Waals surface area contributed by atoms with Crippen molar-refractivity contribution in [2.24, 2.45) is 11.0 Å². The van der Waals surface area contributed by atoms with Gasteiger partial charge in [0.05, 0.1) is 11.6 Å². The highest BCUT2D eigenvalue weighted by molar-refractivity contribution is 6.07. The van der Waals surface area contributed by atoms with Gasteiger partial charge in [-0.3, -0.25) is 24.5 Å². The van der Waals surface area contributed by atoms with Crippen molar-refractivity contribution in [3.63, 3.8) is 0 Å². The summed E-state index contributed by atoms with van der Waals surface area (Å²) < 4.78 is 2.24. The summed E-state index contributed by atoms with van der Waals surface area (Å²) >= 11 is 0. The Balaban J connectivity index is 0.843. The monoisotopic (exact) mass is 773 g/mol. The summed E-state index contributed by atoms with van der Waals surface area (Å²) in [6.07, 6.45) is 6.21. The molecule has 0 saturated carbocycles. The van der Waals surface area contributed by atoms with Gasteiger partial charge in [0.2, 0.25) is 17.7 Å². The lowest BCUT2D eigenvalue weighted by Crippen LogP contribution is -2.52. The molecule has 296 valence electrons. The van der Waals surface area contributed by atoms with Gasteiger partial charge in [-0.25, -0.2) is 10.2 Å². The van der Waals surface area contributed by atoms with Gasteiger partial charge in [0, 0.05) is 72.8 Å². The number of likely N-dealkylation sites (tertiary alicyclic amines) is 1. The Bertz CT molecular complexity index is 2320. The van der Waals surface area contributed by atoms with Crippen LogP contribution in [0.1, 0.15) is 103 Å². The summed E-state index contributed by atoms with van der Waals surface area (Å²) in [6, 6.07) is 15.6. The first-order valence-electron chi connectivity index (χ1n) is 19.8. The lowest BCUT2D eigenvalue weighted by atomic mass is 9.90. The predicted molar refractivity (Wildman–Crippen MR) is 213 cm³/mol. The first kappa shape index (κ1) is 37.7. The Labute approximate surface area is 329 Å². The number of nitrogens with one attached hydrogen (secondary N) is 3. The molecule has 5 N–H and O–H groups in total. The fourth-order valence-corrected chi connectivity index (χ4v) is 8.74. The normalized spacial score (nSPS) is 20.4. The van der Waals surface area contributed by atoms with Gasteiger partial charge in [-0.2, -0.15) is 5.10 Å². The predicted octanol–water partition coefficient (Wildman–Crippen LogP) is 5.67. The molecule has 2 fully saturated rings. The van der Waals surface area contributed by atoms with Crippen molar-refractivity contribution >= 4 is 52.0 Å². The van der Waals surface area contributed by atoms with Crippen LogP contribution in [0.15, 0.2) is 65.9 Å². The number of nitrogens with zero attached hydrogens (tertiary/aromatic N) is 4. The molecule has 2 saturated heterocycles. The van der Waals surface area contributed by atoms with E-state index >= 15 is 0 Å². The first-order chi connectivity index (χ1) is 27.4. The molecule has 0 spiro atoms. The van der Waals surface area contributed by atoms with Crippen LogP contribution in [0.3, 0.4) is 0 Å². The van der Waals surface area contributed by atoms with Crippen LogP contribution >= 0.6 is 0 Å². The third-order valence-electron chi connectivity index (χ3n) is 12.1. The second kappa shape index (κ2) is 15.4. The van der Waals surface area contributed by atoms with Crippen LogP contribution in [0.2, 0.25) is 0 Å². The molecule has 5 heterocycles. The van der Waals surface area contributed by atoms with E-state index in [0.29, 0.717) is 65.5 Å². The molecule has 0 radical (unpaired) electrons. The first-order valence-corrected chi connectivity index (χ1v) is 19.8. The number of hydrazone groups is 1. The summed E-state index contributed by atoms with van der Waals surface area (Å²) in [5.41, 5.74) is 8.15. The molecule has 14 heteroatoms. The maximum Gasteiger partial charge on any atom is 0.321 e. The van der Waals surface area contributed by atoms with Crippen LogP contribution in [0.4, 0.5) is 10.5 Å². The number of carbonyl (C=O) groups is 5. The van der Waals surface area contributed by atoms with Crippen molar-refractivity contribution in [2.75, 3.05) is 18.4 Å². The van der Waals surface area contributed by atoms with E-state index in [2.05, 4.69) is 50.1 Å². The molecular formula is C43H47N7O7. The molecule has 57 heavy (non-hydrogen) atoms. The Morgan fingerprint density at radius 2 is 1.72 bits per heavy atom. The van der Waals surface area contributed by atoms with E-state index in [-0.39, 0.29) is 60.6 Å². The number of aryl methyl sites for hydroxylation is 1. The zero-order chi connectivity index (χ0) is 40.0. The van der Waals surface area contributed by atoms with E-state index < -0.39 is 17.9 Å². The molecule has 6 amide bonds. The highest BCUT2D eigenvalue weighted by atomic mass is 16.3. The Morgan fingerprint density at radius 1 is 0.912 bits per heavy atom. The summed E-state index contributed by atoms with van der Waals surface area (Å²) in [4.78, 5) is 67.3. The van der Waals surface area contributed by atoms with Gasteiger partial charge in [0.25, 0.3) is 5.91 Å². The minimum atomic E-state index is -0.721. The fraction of sp³-hybridized carbons (Fsp3) is 0.395. The van der Waals surface area contributed by atoms with Crippen LogP contribution in [0.5, 0.6) is 11.5 Å². The zero-order valence-electron chi connectivity index (χ0n) is 32.1. The largest absolute Gasteiger partial charge is 0.508 e. The molecule has 0 aliphatic carbocycles. The molecule has 2 unspecified atom stereocenters. The minimum absolute atomic E-state index is 0.0326. The quantitative estimate of drug-likeness (QED) is 0.143. The van der Waals surface area contributed by atoms with Crippen LogP contribution in [-0.4, -0.2) is 79.1 Å². The molecule has 1 aromatic heterocycles. The third-order valence-corrected chi connectivity index (χ3v) is 12.1. The second-order valence-electron chi connectivity index (χ2n) is 15.9. The fourth-order valence-electron chi connectivity index (χ4n) is 8.74. The summed E-state index contributed by atoms with van der Waals surface area (Å²) in [5, 5.41) is 31.6. The Kier molecular flexibility index (Phi) is 10.2. The van der Waals surface area contributed by atoms with Crippen molar-refractivity contribution in [1.82, 2.24) is 25.1 Å². The number of urea groups is 1. The van der Waals surface area contributed by atoms with Crippen LogP contribution < -0.4 is 16.1 Å². The lowest BCUT2D eigenvalue weighted by molar-refractivity contribution is -0.137. The number of anilines is 1. The van der Waals surface area contributed by atoms with Crippen LogP contribution in [0.25, 0.3) is 10.9 Å². The average molecular weight is 774 g/mol. The van der Waals surface area contributed by atoms with Gasteiger partial charge >= 0.3 is 6.03 Å². The van der Waals surface area contributed by atoms with E-state index in [9.17, 15) is 34.2 Å². The number of aromatic hydroxyl groups is 2. The van der Waals surface area contributed by atoms with E-state index in [1.54, 1.807) is 24.3 Å². The number of imide groups is 1. The molecule has 3 aromatic carbocycles. The van der Waals surface area contributed by atoms with Crippen molar-refractivity contribution in [2.45, 2.75) is 89.8 Å². The van der Waals surface area contributed by atoms with Gasteiger partial charge in [-0.1, -0.05) is 26.0 Å². The number of benzene rings is 3. The van der Waals surface area contributed by atoms with Crippen molar-refractivity contribution < 1.29 is 34.2 Å². The number of amides is 6. The van der Waals surface area contributed by atoms with Crippen molar-refractivity contribution in [1.29, 1.82) is 0 Å². The van der Waals surface area contributed by atoms with Crippen LogP contribution in [0, 0.1) is 5.92 Å². The average Bonchev–Trinajstić information content (AvgIpc) is 3.69. The van der Waals surface area contributed by atoms with Gasteiger partial charge in [-0.15, -0.1) is 0 Å². The lowest BCUT2D eigenvalue weighted by Gasteiger charge is -2.32. The number of piperidine rings is 2. The zero-order valence-corrected chi connectivity index (χ0v) is 32.1. The minimum Gasteiger partial charge on any atom is -0.508 e. The number of fused-ring (bicyclic) bond motifs is 2. The third kappa shape index (κ3) is 7.43. The maximum atomic E-state index is 13.4. The molecule has 4 aromatic rings. The smallest absolute Gasteiger partial charge is 0.321 e. The number of phenolic OH excluding ortho intramolecular Hbond substituents is 2. The van der Waals surface area contributed by atoms with Gasteiger partial charge in [0.15, 0.2) is 0 Å². The Morgan fingerprint density at radius 3 is 2.49 bits per heavy atom. The Hall–Kier alpha value is -6.18. The standard InChI is InChI=1S/C43H47N7O7/c1-24(2)30-21-31(38(52)22-37(30)51)34-8-7-28(40(54)47-46-34)26-6-9-35-27(20-26)15-19-48(35)16-12-25-13-17-49(18-14-25)43(57)44-33-5-3-4-29-32(33)23-50(42(29)56)36-10-11-39(53)45-41(36)55/h3-6,9,15,19-22,24-25,28,36,51-52H,7-8,10-14,16-18,23H2,1-2H3,(H,44,57)(H,47,54)(H,45,53,55). The maximum absolute atomic E-state index is 13.4. The molecule has 2 atom stereocenters. The number of aromatic nitrogens is 1. The highest BCUT2D eigenvalue weighted by Crippen LogP contribution is 2.36. The van der Waals surface area contributed by atoms with E-state index in [1.165, 1.54) is 11.0 Å². The number of hydrogen-bond donors (Lipinski definition) is 5. The van der Waals surface area contributed by atoms with Crippen LogP contribution in [-0.2, 0) is 27.5 Å². The van der Waals surface area contributed by atoms with E-state index in [4.69, 9.17) is 0 Å². The van der Waals surface area contributed by atoms with Gasteiger partial charge in [-0.05, 0) is 103 Å². The molecule has 4 aliphatic rings. The van der Waals surface area contributed by atoms with Crippen molar-refractivity contribution in [3.8, 4) is 11.5 Å². The molecule has 0 bridgehead atoms. The summed E-state index contributed by atoms with van der Waals surface area (Å²) in [7, 11) is 0. The molecule has 14 nitrogen and oxygen atoms in total. The topological polar surface area (TPSA) is 186 Å². The van der Waals surface area contributed by atoms with Crippen molar-refractivity contribution in [3.05, 3.63) is 88.6 Å². The number of rotatable bonds is 8. The number of hydrogen-bond acceptors (Lipinski definition) is 8. The summed E-state index contributed by atoms with van der Waals surface area (Å²) in [6.45, 7) is 6.17. The number of phenols is 2. The SMILES string of the molecule is CC(C)c1cc(C2=NNC(=O)C(c3ccc4c(ccn4CCC4CCN(C(=O)Nc5cccc6c5CN(C5CCC(=O)NC5=O)C6=O)CC4)c3)CC2)c(O)cc1O. The van der Waals surface area contributed by atoms with Gasteiger partial charge < -0.3 is 29.9 Å². The highest BCUT2D eigenvalue weighted by Gasteiger charge is 2.40. The van der Waals surface area contributed by atoms with Gasteiger partial charge in [0.1, 0.15) is 17.5 Å².